The topological polar surface area (TPSA) is 115 Å². The van der Waals surface area contributed by atoms with Gasteiger partial charge in [0.25, 0.3) is 0 Å². The average molecular weight is 445 g/mol. The Bertz CT molecular complexity index is 836. The Balaban J connectivity index is 0.000000260. The standard InChI is InChI=1S/C13H16O2.C8H8O2.C5H10O.H2O/c1-10-5-4-6-11(9-10)13(14)15-12-7-2-3-8-12;1-6-3-2-4-7(5-6)8(9)10;6-5-3-1-2-4-5;/h4-6,9,12H,2-3,7-8H2,1H3;2-5H,1H3,(H,9,10);5-6H,1-4H2;1H2. The number of aliphatic hydroxyl groups is 1. The first kappa shape index (κ1) is 27.3. The lowest BCUT2D eigenvalue weighted by Crippen LogP contribution is -2.14. The maximum absolute atomic E-state index is 11.7. The minimum absolute atomic E-state index is 0. The van der Waals surface area contributed by atoms with E-state index < -0.39 is 5.97 Å². The van der Waals surface area contributed by atoms with Crippen molar-refractivity contribution in [2.75, 3.05) is 0 Å². The van der Waals surface area contributed by atoms with E-state index in [1.165, 1.54) is 25.7 Å². The Morgan fingerprint density at radius 3 is 1.69 bits per heavy atom. The zero-order valence-electron chi connectivity index (χ0n) is 19.0. The number of carbonyl (C=O) groups is 2. The van der Waals surface area contributed by atoms with Crippen molar-refractivity contribution < 1.29 is 30.0 Å². The Kier molecular flexibility index (Phi) is 12.3. The molecule has 2 aromatic rings. The Labute approximate surface area is 190 Å². The van der Waals surface area contributed by atoms with E-state index in [-0.39, 0.29) is 23.7 Å². The number of esters is 1. The van der Waals surface area contributed by atoms with Crippen molar-refractivity contribution in [2.24, 2.45) is 0 Å². The first-order valence-electron chi connectivity index (χ1n) is 11.1. The number of benzene rings is 2. The van der Waals surface area contributed by atoms with E-state index in [4.69, 9.17) is 14.9 Å². The van der Waals surface area contributed by atoms with Gasteiger partial charge >= 0.3 is 11.9 Å². The van der Waals surface area contributed by atoms with E-state index in [0.29, 0.717) is 11.1 Å². The molecule has 0 aromatic heterocycles. The molecule has 2 aliphatic rings. The maximum Gasteiger partial charge on any atom is 0.338 e. The third kappa shape index (κ3) is 10.1. The van der Waals surface area contributed by atoms with Gasteiger partial charge in [0, 0.05) is 0 Å². The molecule has 2 fully saturated rings. The van der Waals surface area contributed by atoms with Crippen LogP contribution in [-0.4, -0.2) is 39.8 Å². The average Bonchev–Trinajstić information content (AvgIpc) is 3.43. The molecule has 0 radical (unpaired) electrons. The highest BCUT2D eigenvalue weighted by Gasteiger charge is 2.19. The molecule has 176 valence electrons. The van der Waals surface area contributed by atoms with Crippen LogP contribution in [0.2, 0.25) is 0 Å². The van der Waals surface area contributed by atoms with Crippen LogP contribution in [0.5, 0.6) is 0 Å². The molecule has 0 atom stereocenters. The zero-order valence-corrected chi connectivity index (χ0v) is 19.0. The summed E-state index contributed by atoms with van der Waals surface area (Å²) in [6.07, 6.45) is 9.18. The molecule has 0 saturated heterocycles. The number of aryl methyl sites for hydroxylation is 2. The molecule has 4 rings (SSSR count). The third-order valence-corrected chi connectivity index (χ3v) is 5.42. The molecule has 0 spiro atoms. The van der Waals surface area contributed by atoms with Crippen LogP contribution < -0.4 is 0 Å². The largest absolute Gasteiger partial charge is 0.478 e. The highest BCUT2D eigenvalue weighted by molar-refractivity contribution is 5.89. The summed E-state index contributed by atoms with van der Waals surface area (Å²) in [4.78, 5) is 22.1. The summed E-state index contributed by atoms with van der Waals surface area (Å²) in [7, 11) is 0. The normalized spacial score (nSPS) is 15.5. The lowest BCUT2D eigenvalue weighted by molar-refractivity contribution is 0.0317. The van der Waals surface area contributed by atoms with Crippen molar-refractivity contribution in [3.05, 3.63) is 70.8 Å². The van der Waals surface area contributed by atoms with Crippen LogP contribution in [0.3, 0.4) is 0 Å². The van der Waals surface area contributed by atoms with Gasteiger partial charge in [0.1, 0.15) is 6.10 Å². The minimum atomic E-state index is -0.872. The molecule has 0 unspecified atom stereocenters. The summed E-state index contributed by atoms with van der Waals surface area (Å²) in [5.41, 5.74) is 3.08. The van der Waals surface area contributed by atoms with Crippen LogP contribution in [0.1, 0.15) is 83.2 Å². The fourth-order valence-electron chi connectivity index (χ4n) is 3.68. The van der Waals surface area contributed by atoms with Crippen molar-refractivity contribution >= 4 is 11.9 Å². The summed E-state index contributed by atoms with van der Waals surface area (Å²) in [6.45, 7) is 3.85. The fraction of sp³-hybridized carbons (Fsp3) is 0.462. The van der Waals surface area contributed by atoms with E-state index in [1.54, 1.807) is 18.2 Å². The highest BCUT2D eigenvalue weighted by Crippen LogP contribution is 2.22. The Morgan fingerprint density at radius 2 is 1.28 bits per heavy atom. The van der Waals surface area contributed by atoms with Crippen LogP contribution in [0.4, 0.5) is 0 Å². The number of aliphatic hydroxyl groups excluding tert-OH is 1. The highest BCUT2D eigenvalue weighted by atomic mass is 16.5. The molecule has 6 heteroatoms. The summed E-state index contributed by atoms with van der Waals surface area (Å²) in [5.74, 6) is -1.05. The van der Waals surface area contributed by atoms with E-state index in [9.17, 15) is 9.59 Å². The number of hydrogen-bond acceptors (Lipinski definition) is 4. The van der Waals surface area contributed by atoms with Crippen LogP contribution >= 0.6 is 0 Å². The molecule has 2 saturated carbocycles. The summed E-state index contributed by atoms with van der Waals surface area (Å²) >= 11 is 0. The first-order chi connectivity index (χ1) is 14.8. The van der Waals surface area contributed by atoms with E-state index in [1.807, 2.05) is 44.2 Å². The molecule has 0 heterocycles. The first-order valence-corrected chi connectivity index (χ1v) is 11.1. The van der Waals surface area contributed by atoms with Crippen LogP contribution in [0, 0.1) is 13.8 Å². The van der Waals surface area contributed by atoms with Crippen molar-refractivity contribution in [3.63, 3.8) is 0 Å². The molecular formula is C26H36O6. The van der Waals surface area contributed by atoms with Gasteiger partial charge in [-0.1, -0.05) is 48.2 Å². The van der Waals surface area contributed by atoms with E-state index in [2.05, 4.69) is 0 Å². The van der Waals surface area contributed by atoms with Crippen molar-refractivity contribution in [1.82, 2.24) is 0 Å². The minimum Gasteiger partial charge on any atom is -0.478 e. The Morgan fingerprint density at radius 1 is 0.812 bits per heavy atom. The number of carboxylic acids is 1. The van der Waals surface area contributed by atoms with E-state index in [0.717, 1.165) is 36.8 Å². The molecule has 2 aromatic carbocycles. The predicted octanol–water partition coefficient (Wildman–Crippen LogP) is 4.88. The molecular weight excluding hydrogens is 408 g/mol. The van der Waals surface area contributed by atoms with Gasteiger partial charge in [-0.15, -0.1) is 0 Å². The molecule has 0 aliphatic heterocycles. The fourth-order valence-corrected chi connectivity index (χ4v) is 3.68. The quantitative estimate of drug-likeness (QED) is 0.654. The molecule has 0 bridgehead atoms. The number of rotatable bonds is 3. The zero-order chi connectivity index (χ0) is 22.6. The molecule has 6 nitrogen and oxygen atoms in total. The maximum atomic E-state index is 11.7. The lowest BCUT2D eigenvalue weighted by atomic mass is 10.1. The second-order valence-corrected chi connectivity index (χ2v) is 8.29. The van der Waals surface area contributed by atoms with Crippen molar-refractivity contribution in [3.8, 4) is 0 Å². The summed E-state index contributed by atoms with van der Waals surface area (Å²) in [6, 6.07) is 14.4. The van der Waals surface area contributed by atoms with Gasteiger partial charge in [-0.3, -0.25) is 0 Å². The monoisotopic (exact) mass is 444 g/mol. The molecule has 4 N–H and O–H groups in total. The number of hydrogen-bond donors (Lipinski definition) is 2. The summed E-state index contributed by atoms with van der Waals surface area (Å²) in [5, 5.41) is 17.2. The van der Waals surface area contributed by atoms with Crippen LogP contribution in [0.15, 0.2) is 48.5 Å². The van der Waals surface area contributed by atoms with Gasteiger partial charge < -0.3 is 20.4 Å². The van der Waals surface area contributed by atoms with Crippen LogP contribution in [0.25, 0.3) is 0 Å². The van der Waals surface area contributed by atoms with Gasteiger partial charge in [0.05, 0.1) is 17.2 Å². The van der Waals surface area contributed by atoms with Gasteiger partial charge in [0.15, 0.2) is 0 Å². The van der Waals surface area contributed by atoms with Crippen LogP contribution in [-0.2, 0) is 4.74 Å². The van der Waals surface area contributed by atoms with Gasteiger partial charge in [0.2, 0.25) is 0 Å². The third-order valence-electron chi connectivity index (χ3n) is 5.42. The van der Waals surface area contributed by atoms with E-state index >= 15 is 0 Å². The molecule has 2 aliphatic carbocycles. The lowest BCUT2D eigenvalue weighted by Gasteiger charge is -2.11. The second-order valence-electron chi connectivity index (χ2n) is 8.29. The van der Waals surface area contributed by atoms with Gasteiger partial charge in [-0.2, -0.15) is 0 Å². The van der Waals surface area contributed by atoms with Gasteiger partial charge in [-0.05, 0) is 76.6 Å². The smallest absolute Gasteiger partial charge is 0.338 e. The number of carbonyl (C=O) groups excluding carboxylic acids is 1. The van der Waals surface area contributed by atoms with Crippen molar-refractivity contribution in [2.45, 2.75) is 77.4 Å². The van der Waals surface area contributed by atoms with Gasteiger partial charge in [-0.25, -0.2) is 9.59 Å². The summed E-state index contributed by atoms with van der Waals surface area (Å²) < 4.78 is 5.41. The van der Waals surface area contributed by atoms with Crippen molar-refractivity contribution in [1.29, 1.82) is 0 Å². The number of aromatic carboxylic acids is 1. The SMILES string of the molecule is Cc1cccc(C(=O)O)c1.Cc1cccc(C(=O)OC2CCCC2)c1.O.OC1CCCC1. The molecule has 32 heavy (non-hydrogen) atoms. The second kappa shape index (κ2) is 14.4. The number of carboxylic acid groups (broad SMARTS) is 1. The molecule has 0 amide bonds. The predicted molar refractivity (Wildman–Crippen MR) is 125 cm³/mol. The number of ether oxygens (including phenoxy) is 1. The Hall–Kier alpha value is -2.70.